The fourth-order valence-corrected chi connectivity index (χ4v) is 3.26. The monoisotopic (exact) mass is 402 g/mol. The van der Waals surface area contributed by atoms with Crippen molar-refractivity contribution in [3.63, 3.8) is 0 Å². The maximum atomic E-state index is 12.5. The maximum Gasteiger partial charge on any atom is 0.317 e. The Morgan fingerprint density at radius 1 is 1.43 bits per heavy atom. The molecule has 0 bridgehead atoms. The number of cyclic esters (lactones) is 1. The Balaban J connectivity index is 2.48. The molecular weight excluding hydrogens is 383 g/mol. The van der Waals surface area contributed by atoms with Gasteiger partial charge in [-0.3, -0.25) is 4.79 Å². The molecule has 5 heteroatoms. The number of esters is 1. The second-order valence-corrected chi connectivity index (χ2v) is 5.91. The average Bonchev–Trinajstić information content (AvgIpc) is 2.84. The lowest BCUT2D eigenvalue weighted by molar-refractivity contribution is -0.144. The van der Waals surface area contributed by atoms with Crippen LogP contribution in [0.25, 0.3) is 0 Å². The van der Waals surface area contributed by atoms with Crippen molar-refractivity contribution >= 4 is 28.6 Å². The number of hydrogen-bond acceptors (Lipinski definition) is 4. The third-order valence-corrected chi connectivity index (χ3v) is 4.82. The van der Waals surface area contributed by atoms with Crippen LogP contribution in [0.1, 0.15) is 18.4 Å². The molecule has 1 aliphatic heterocycles. The van der Waals surface area contributed by atoms with E-state index < -0.39 is 5.41 Å². The molecule has 1 aliphatic rings. The fraction of sp³-hybridized carbons (Fsp3) is 0.438. The first kappa shape index (κ1) is 16.1. The summed E-state index contributed by atoms with van der Waals surface area (Å²) in [5, 5.41) is 0. The number of halogens is 1. The van der Waals surface area contributed by atoms with E-state index in [4.69, 9.17) is 14.2 Å². The van der Waals surface area contributed by atoms with Gasteiger partial charge < -0.3 is 14.2 Å². The van der Waals surface area contributed by atoms with E-state index in [1.54, 1.807) is 20.3 Å². The van der Waals surface area contributed by atoms with E-state index >= 15 is 0 Å². The summed E-state index contributed by atoms with van der Waals surface area (Å²) in [5.41, 5.74) is 0.217. The fourth-order valence-electron chi connectivity index (χ4n) is 2.76. The molecule has 1 aromatic rings. The van der Waals surface area contributed by atoms with Crippen LogP contribution in [0.4, 0.5) is 0 Å². The van der Waals surface area contributed by atoms with Crippen LogP contribution in [0.2, 0.25) is 0 Å². The molecule has 4 nitrogen and oxygen atoms in total. The number of allylic oxidation sites excluding steroid dienone is 1. The molecule has 0 radical (unpaired) electrons. The van der Waals surface area contributed by atoms with Crippen molar-refractivity contribution in [2.45, 2.75) is 24.4 Å². The van der Waals surface area contributed by atoms with E-state index in [1.807, 2.05) is 18.2 Å². The standard InChI is InChI=1S/C16H19IO4/c1-4-7-16(9-12(10-17)21-15(16)18)11-5-6-13(19-2)14(8-11)20-3/h4-6,8,12H,1,7,9-10H2,2-3H3/t12-,16+/m0/s1. The lowest BCUT2D eigenvalue weighted by atomic mass is 9.75. The second-order valence-electron chi connectivity index (χ2n) is 5.03. The van der Waals surface area contributed by atoms with E-state index in [2.05, 4.69) is 29.2 Å². The molecule has 1 saturated heterocycles. The Hall–Kier alpha value is -1.24. The zero-order chi connectivity index (χ0) is 15.5. The van der Waals surface area contributed by atoms with Gasteiger partial charge in [-0.25, -0.2) is 0 Å². The first-order valence-electron chi connectivity index (χ1n) is 6.71. The highest BCUT2D eigenvalue weighted by molar-refractivity contribution is 14.1. The first-order chi connectivity index (χ1) is 10.1. The molecule has 114 valence electrons. The maximum absolute atomic E-state index is 12.5. The third-order valence-electron chi connectivity index (χ3n) is 3.84. The molecule has 0 aromatic heterocycles. The van der Waals surface area contributed by atoms with Gasteiger partial charge in [0, 0.05) is 10.8 Å². The summed E-state index contributed by atoms with van der Waals surface area (Å²) in [5.74, 6) is 1.08. The number of hydrogen-bond donors (Lipinski definition) is 0. The molecule has 0 amide bonds. The summed E-state index contributed by atoms with van der Waals surface area (Å²) >= 11 is 2.24. The topological polar surface area (TPSA) is 44.8 Å². The van der Waals surface area contributed by atoms with Crippen molar-refractivity contribution in [3.05, 3.63) is 36.4 Å². The van der Waals surface area contributed by atoms with Crippen LogP contribution < -0.4 is 9.47 Å². The lowest BCUT2D eigenvalue weighted by Gasteiger charge is -2.24. The number of carbonyl (C=O) groups is 1. The Morgan fingerprint density at radius 2 is 2.14 bits per heavy atom. The van der Waals surface area contributed by atoms with Gasteiger partial charge >= 0.3 is 5.97 Å². The van der Waals surface area contributed by atoms with E-state index in [1.165, 1.54) is 0 Å². The molecular formula is C16H19IO4. The predicted octanol–water partition coefficient (Wildman–Crippen LogP) is 3.27. The molecule has 0 spiro atoms. The molecule has 1 heterocycles. The first-order valence-corrected chi connectivity index (χ1v) is 8.24. The SMILES string of the molecule is C=CC[C@]1(c2ccc(OC)c(OC)c2)C[C@@H](CI)OC1=O. The summed E-state index contributed by atoms with van der Waals surface area (Å²) in [6.45, 7) is 3.79. The summed E-state index contributed by atoms with van der Waals surface area (Å²) in [4.78, 5) is 12.5. The predicted molar refractivity (Wildman–Crippen MR) is 89.4 cm³/mol. The number of alkyl halides is 1. The smallest absolute Gasteiger partial charge is 0.317 e. The summed E-state index contributed by atoms with van der Waals surface area (Å²) in [6, 6.07) is 5.59. The van der Waals surface area contributed by atoms with Crippen LogP contribution in [-0.4, -0.2) is 30.7 Å². The molecule has 1 aromatic carbocycles. The summed E-state index contributed by atoms with van der Waals surface area (Å²) in [7, 11) is 3.18. The van der Waals surface area contributed by atoms with Crippen molar-refractivity contribution < 1.29 is 19.0 Å². The van der Waals surface area contributed by atoms with Crippen molar-refractivity contribution in [1.29, 1.82) is 0 Å². The largest absolute Gasteiger partial charge is 0.493 e. The minimum atomic E-state index is -0.670. The minimum absolute atomic E-state index is 0.0499. The van der Waals surface area contributed by atoms with Crippen LogP contribution in [-0.2, 0) is 14.9 Å². The number of carbonyl (C=O) groups excluding carboxylic acids is 1. The Morgan fingerprint density at radius 3 is 2.67 bits per heavy atom. The quantitative estimate of drug-likeness (QED) is 0.317. The van der Waals surface area contributed by atoms with E-state index in [9.17, 15) is 4.79 Å². The van der Waals surface area contributed by atoms with Crippen LogP contribution in [0, 0.1) is 0 Å². The molecule has 0 N–H and O–H groups in total. The Labute approximate surface area is 138 Å². The van der Waals surface area contributed by atoms with Crippen LogP contribution in [0.15, 0.2) is 30.9 Å². The zero-order valence-electron chi connectivity index (χ0n) is 12.2. The van der Waals surface area contributed by atoms with Gasteiger partial charge in [0.15, 0.2) is 11.5 Å². The number of rotatable bonds is 6. The van der Waals surface area contributed by atoms with Crippen molar-refractivity contribution in [3.8, 4) is 11.5 Å². The van der Waals surface area contributed by atoms with Gasteiger partial charge in [-0.2, -0.15) is 0 Å². The Bertz CT molecular complexity index is 543. The lowest BCUT2D eigenvalue weighted by Crippen LogP contribution is -2.31. The highest BCUT2D eigenvalue weighted by atomic mass is 127. The van der Waals surface area contributed by atoms with Crippen molar-refractivity contribution in [2.75, 3.05) is 18.6 Å². The number of methoxy groups -OCH3 is 2. The second kappa shape index (κ2) is 6.68. The Kier molecular flexibility index (Phi) is 5.13. The molecule has 2 atom stereocenters. The van der Waals surface area contributed by atoms with Gasteiger partial charge in [0.2, 0.25) is 0 Å². The molecule has 0 unspecified atom stereocenters. The van der Waals surface area contributed by atoms with E-state index in [-0.39, 0.29) is 12.1 Å². The summed E-state index contributed by atoms with van der Waals surface area (Å²) in [6.07, 6.45) is 2.93. The zero-order valence-corrected chi connectivity index (χ0v) is 14.4. The van der Waals surface area contributed by atoms with Crippen LogP contribution in [0.3, 0.4) is 0 Å². The van der Waals surface area contributed by atoms with Gasteiger partial charge in [0.25, 0.3) is 0 Å². The third kappa shape index (κ3) is 2.88. The van der Waals surface area contributed by atoms with Gasteiger partial charge in [0.1, 0.15) is 6.10 Å². The normalized spacial score (nSPS) is 24.5. The molecule has 1 fully saturated rings. The van der Waals surface area contributed by atoms with Crippen molar-refractivity contribution in [2.24, 2.45) is 0 Å². The number of ether oxygens (including phenoxy) is 3. The summed E-state index contributed by atoms with van der Waals surface area (Å²) < 4.78 is 16.9. The van der Waals surface area contributed by atoms with E-state index in [0.29, 0.717) is 24.3 Å². The van der Waals surface area contributed by atoms with Gasteiger partial charge in [-0.15, -0.1) is 6.58 Å². The molecule has 21 heavy (non-hydrogen) atoms. The van der Waals surface area contributed by atoms with Gasteiger partial charge in [0.05, 0.1) is 19.6 Å². The van der Waals surface area contributed by atoms with Crippen LogP contribution in [0.5, 0.6) is 11.5 Å². The highest BCUT2D eigenvalue weighted by Crippen LogP contribution is 2.43. The average molecular weight is 402 g/mol. The van der Waals surface area contributed by atoms with Crippen molar-refractivity contribution in [1.82, 2.24) is 0 Å². The minimum Gasteiger partial charge on any atom is -0.493 e. The van der Waals surface area contributed by atoms with Gasteiger partial charge in [-0.1, -0.05) is 34.7 Å². The molecule has 0 saturated carbocycles. The molecule has 0 aliphatic carbocycles. The number of benzene rings is 1. The molecule has 2 rings (SSSR count). The van der Waals surface area contributed by atoms with Gasteiger partial charge in [-0.05, 0) is 24.1 Å². The van der Waals surface area contributed by atoms with E-state index in [0.717, 1.165) is 9.99 Å². The van der Waals surface area contributed by atoms with Crippen LogP contribution >= 0.6 is 22.6 Å². The highest BCUT2D eigenvalue weighted by Gasteiger charge is 2.49.